The number of aryl methyl sites for hydroxylation is 1. The maximum absolute atomic E-state index is 12.5. The van der Waals surface area contributed by atoms with Crippen molar-refractivity contribution in [1.82, 2.24) is 9.97 Å². The Labute approximate surface area is 167 Å². The molecule has 0 unspecified atom stereocenters. The van der Waals surface area contributed by atoms with Gasteiger partial charge in [0.15, 0.2) is 0 Å². The fourth-order valence-corrected chi connectivity index (χ4v) is 2.79. The molecule has 0 saturated heterocycles. The third kappa shape index (κ3) is 6.10. The number of ether oxygens (including phenoxy) is 1. The Balaban J connectivity index is 1.87. The standard InChI is InChI=1S/C21H21F3N4O/c1-3-25-20-27-18(16-8-5-9-17(11-16)29-21(22,23)24)12-19(28-20)26-13-15-7-4-6-14(2)10-15/h4-12H,3,13H2,1-2H3,(H2,25,26,27,28). The van der Waals surface area contributed by atoms with Crippen LogP contribution in [-0.2, 0) is 6.54 Å². The molecule has 0 amide bonds. The molecule has 0 aliphatic heterocycles. The Morgan fingerprint density at radius 2 is 1.76 bits per heavy atom. The second kappa shape index (κ2) is 8.81. The van der Waals surface area contributed by atoms with E-state index in [1.807, 2.05) is 32.0 Å². The molecule has 29 heavy (non-hydrogen) atoms. The number of nitrogens with one attached hydrogen (secondary N) is 2. The molecule has 1 aromatic heterocycles. The number of halogens is 3. The average molecular weight is 402 g/mol. The molecule has 1 heterocycles. The number of rotatable bonds is 7. The van der Waals surface area contributed by atoms with E-state index in [-0.39, 0.29) is 5.75 Å². The van der Waals surface area contributed by atoms with Crippen molar-refractivity contribution < 1.29 is 17.9 Å². The number of benzene rings is 2. The zero-order valence-electron chi connectivity index (χ0n) is 16.0. The van der Waals surface area contributed by atoms with Crippen molar-refractivity contribution in [3.8, 4) is 17.0 Å². The molecule has 2 N–H and O–H groups in total. The highest BCUT2D eigenvalue weighted by Crippen LogP contribution is 2.28. The van der Waals surface area contributed by atoms with Crippen LogP contribution in [0.25, 0.3) is 11.3 Å². The number of alkyl halides is 3. The van der Waals surface area contributed by atoms with Gasteiger partial charge in [-0.3, -0.25) is 0 Å². The summed E-state index contributed by atoms with van der Waals surface area (Å²) < 4.78 is 41.6. The summed E-state index contributed by atoms with van der Waals surface area (Å²) in [6.07, 6.45) is -4.75. The Hall–Kier alpha value is -3.29. The van der Waals surface area contributed by atoms with E-state index in [2.05, 4.69) is 31.4 Å². The van der Waals surface area contributed by atoms with E-state index in [0.717, 1.165) is 11.1 Å². The van der Waals surface area contributed by atoms with Gasteiger partial charge in [-0.1, -0.05) is 42.0 Å². The number of nitrogens with zero attached hydrogens (tertiary/aromatic N) is 2. The maximum Gasteiger partial charge on any atom is 0.573 e. The highest BCUT2D eigenvalue weighted by molar-refractivity contribution is 5.66. The summed E-state index contributed by atoms with van der Waals surface area (Å²) in [6.45, 7) is 5.10. The van der Waals surface area contributed by atoms with Gasteiger partial charge in [-0.2, -0.15) is 4.98 Å². The van der Waals surface area contributed by atoms with Crippen molar-refractivity contribution in [2.75, 3.05) is 17.2 Å². The number of hydrogen-bond donors (Lipinski definition) is 2. The number of anilines is 2. The third-order valence-electron chi connectivity index (χ3n) is 3.98. The van der Waals surface area contributed by atoms with E-state index in [0.29, 0.717) is 36.1 Å². The number of hydrogen-bond acceptors (Lipinski definition) is 5. The van der Waals surface area contributed by atoms with Crippen LogP contribution in [0.15, 0.2) is 54.6 Å². The van der Waals surface area contributed by atoms with Gasteiger partial charge in [0, 0.05) is 24.7 Å². The van der Waals surface area contributed by atoms with Gasteiger partial charge in [0.25, 0.3) is 0 Å². The van der Waals surface area contributed by atoms with Crippen molar-refractivity contribution in [2.24, 2.45) is 0 Å². The van der Waals surface area contributed by atoms with Crippen molar-refractivity contribution in [2.45, 2.75) is 26.8 Å². The lowest BCUT2D eigenvalue weighted by Crippen LogP contribution is -2.17. The Bertz CT molecular complexity index is 976. The van der Waals surface area contributed by atoms with Gasteiger partial charge in [-0.25, -0.2) is 4.98 Å². The second-order valence-electron chi connectivity index (χ2n) is 6.41. The van der Waals surface area contributed by atoms with Crippen molar-refractivity contribution in [3.05, 3.63) is 65.7 Å². The fourth-order valence-electron chi connectivity index (χ4n) is 2.79. The molecule has 2 aromatic carbocycles. The SMILES string of the molecule is CCNc1nc(NCc2cccc(C)c2)cc(-c2cccc(OC(F)(F)F)c2)n1. The summed E-state index contributed by atoms with van der Waals surface area (Å²) in [5.41, 5.74) is 3.22. The molecule has 5 nitrogen and oxygen atoms in total. The number of aromatic nitrogens is 2. The smallest absolute Gasteiger partial charge is 0.406 e. The van der Waals surface area contributed by atoms with Crippen LogP contribution < -0.4 is 15.4 Å². The van der Waals surface area contributed by atoms with Gasteiger partial charge < -0.3 is 15.4 Å². The van der Waals surface area contributed by atoms with E-state index in [1.165, 1.54) is 18.2 Å². The lowest BCUT2D eigenvalue weighted by molar-refractivity contribution is -0.274. The van der Waals surface area contributed by atoms with Gasteiger partial charge in [-0.15, -0.1) is 13.2 Å². The largest absolute Gasteiger partial charge is 0.573 e. The molecule has 0 aliphatic rings. The summed E-state index contributed by atoms with van der Waals surface area (Å²) >= 11 is 0. The van der Waals surface area contributed by atoms with Gasteiger partial charge in [0.2, 0.25) is 5.95 Å². The minimum atomic E-state index is -4.75. The lowest BCUT2D eigenvalue weighted by Gasteiger charge is -2.13. The summed E-state index contributed by atoms with van der Waals surface area (Å²) in [5, 5.41) is 6.29. The van der Waals surface area contributed by atoms with Gasteiger partial charge in [0.05, 0.1) is 5.69 Å². The zero-order chi connectivity index (χ0) is 20.9. The summed E-state index contributed by atoms with van der Waals surface area (Å²) in [4.78, 5) is 8.82. The average Bonchev–Trinajstić information content (AvgIpc) is 2.65. The molecule has 0 fully saturated rings. The molecular weight excluding hydrogens is 381 g/mol. The minimum absolute atomic E-state index is 0.298. The quantitative estimate of drug-likeness (QED) is 0.555. The first-order valence-electron chi connectivity index (χ1n) is 9.11. The maximum atomic E-state index is 12.5. The first kappa shape index (κ1) is 20.4. The van der Waals surface area contributed by atoms with Crippen LogP contribution in [0.2, 0.25) is 0 Å². The molecule has 8 heteroatoms. The van der Waals surface area contributed by atoms with Crippen LogP contribution in [-0.4, -0.2) is 22.9 Å². The molecule has 3 rings (SSSR count). The van der Waals surface area contributed by atoms with E-state index in [1.54, 1.807) is 12.1 Å². The highest BCUT2D eigenvalue weighted by atomic mass is 19.4. The molecule has 0 aliphatic carbocycles. The van der Waals surface area contributed by atoms with E-state index in [9.17, 15) is 13.2 Å². The van der Waals surface area contributed by atoms with Gasteiger partial charge >= 0.3 is 6.36 Å². The first-order chi connectivity index (χ1) is 13.8. The van der Waals surface area contributed by atoms with Crippen LogP contribution in [0, 0.1) is 6.92 Å². The molecule has 152 valence electrons. The van der Waals surface area contributed by atoms with Gasteiger partial charge in [-0.05, 0) is 31.5 Å². The normalized spacial score (nSPS) is 11.2. The second-order valence-corrected chi connectivity index (χ2v) is 6.41. The van der Waals surface area contributed by atoms with Crippen molar-refractivity contribution >= 4 is 11.8 Å². The van der Waals surface area contributed by atoms with Crippen molar-refractivity contribution in [1.29, 1.82) is 0 Å². The Morgan fingerprint density at radius 1 is 0.966 bits per heavy atom. The highest BCUT2D eigenvalue weighted by Gasteiger charge is 2.31. The monoisotopic (exact) mass is 402 g/mol. The summed E-state index contributed by atoms with van der Waals surface area (Å²) in [6, 6.07) is 15.5. The molecule has 0 spiro atoms. The predicted octanol–water partition coefficient (Wildman–Crippen LogP) is 5.39. The molecule has 0 atom stereocenters. The Morgan fingerprint density at radius 3 is 2.48 bits per heavy atom. The molecule has 0 saturated carbocycles. The van der Waals surface area contributed by atoms with Crippen LogP contribution in [0.3, 0.4) is 0 Å². The molecular formula is C21H21F3N4O. The van der Waals surface area contributed by atoms with Crippen LogP contribution in [0.5, 0.6) is 5.75 Å². The third-order valence-corrected chi connectivity index (χ3v) is 3.98. The van der Waals surface area contributed by atoms with E-state index in [4.69, 9.17) is 0 Å². The van der Waals surface area contributed by atoms with Gasteiger partial charge in [0.1, 0.15) is 11.6 Å². The Kier molecular flexibility index (Phi) is 6.21. The van der Waals surface area contributed by atoms with E-state index < -0.39 is 6.36 Å². The zero-order valence-corrected chi connectivity index (χ0v) is 16.0. The van der Waals surface area contributed by atoms with E-state index >= 15 is 0 Å². The van der Waals surface area contributed by atoms with Crippen LogP contribution in [0.1, 0.15) is 18.1 Å². The molecule has 3 aromatic rings. The minimum Gasteiger partial charge on any atom is -0.406 e. The molecule has 0 bridgehead atoms. The predicted molar refractivity (Wildman–Crippen MR) is 107 cm³/mol. The lowest BCUT2D eigenvalue weighted by atomic mass is 10.1. The summed E-state index contributed by atoms with van der Waals surface area (Å²) in [7, 11) is 0. The fraction of sp³-hybridized carbons (Fsp3) is 0.238. The first-order valence-corrected chi connectivity index (χ1v) is 9.11. The summed E-state index contributed by atoms with van der Waals surface area (Å²) in [5.74, 6) is 0.654. The van der Waals surface area contributed by atoms with Crippen LogP contribution in [0.4, 0.5) is 24.9 Å². The molecule has 0 radical (unpaired) electrons. The van der Waals surface area contributed by atoms with Crippen LogP contribution >= 0.6 is 0 Å². The topological polar surface area (TPSA) is 59.1 Å². The van der Waals surface area contributed by atoms with Crippen molar-refractivity contribution in [3.63, 3.8) is 0 Å².